The highest BCUT2D eigenvalue weighted by Gasteiger charge is 2.15. The van der Waals surface area contributed by atoms with Crippen LogP contribution in [0.25, 0.3) is 10.6 Å². The van der Waals surface area contributed by atoms with Crippen molar-refractivity contribution in [3.8, 4) is 22.1 Å². The number of thiazole rings is 1. The van der Waals surface area contributed by atoms with Gasteiger partial charge in [0, 0.05) is 16.5 Å². The molecule has 1 atom stereocenters. The smallest absolute Gasteiger partial charge is 0.161 e. The Bertz CT molecular complexity index is 596. The first kappa shape index (κ1) is 14.8. The second-order valence-electron chi connectivity index (χ2n) is 4.63. The van der Waals surface area contributed by atoms with Crippen LogP contribution < -0.4 is 10.1 Å². The van der Waals surface area contributed by atoms with Crippen molar-refractivity contribution in [3.05, 3.63) is 28.8 Å². The Kier molecular flexibility index (Phi) is 4.62. The van der Waals surface area contributed by atoms with Crippen LogP contribution in [0.1, 0.15) is 30.5 Å². The molecule has 108 valence electrons. The molecule has 5 heteroatoms. The van der Waals surface area contributed by atoms with E-state index in [0.717, 1.165) is 22.8 Å². The van der Waals surface area contributed by atoms with Crippen molar-refractivity contribution < 1.29 is 9.84 Å². The summed E-state index contributed by atoms with van der Waals surface area (Å²) in [4.78, 5) is 5.87. The molecule has 2 rings (SSSR count). The van der Waals surface area contributed by atoms with Gasteiger partial charge in [0.15, 0.2) is 11.5 Å². The lowest BCUT2D eigenvalue weighted by Crippen LogP contribution is -2.17. The molecule has 0 aliphatic rings. The van der Waals surface area contributed by atoms with Crippen molar-refractivity contribution >= 4 is 11.3 Å². The molecule has 0 radical (unpaired) electrons. The minimum Gasteiger partial charge on any atom is -0.504 e. The third-order valence-electron chi connectivity index (χ3n) is 3.16. The number of methoxy groups -OCH3 is 1. The van der Waals surface area contributed by atoms with Crippen LogP contribution in [0, 0.1) is 6.92 Å². The first-order valence-electron chi connectivity index (χ1n) is 6.64. The highest BCUT2D eigenvalue weighted by molar-refractivity contribution is 7.15. The number of aromatic nitrogens is 1. The van der Waals surface area contributed by atoms with Gasteiger partial charge in [-0.3, -0.25) is 0 Å². The minimum atomic E-state index is 0.144. The largest absolute Gasteiger partial charge is 0.504 e. The SMILES string of the molecule is CCNC(C)c1sc(-c2ccc(O)c(OC)c2)nc1C. The molecule has 0 bridgehead atoms. The van der Waals surface area contributed by atoms with Crippen molar-refractivity contribution in [2.45, 2.75) is 26.8 Å². The van der Waals surface area contributed by atoms with Crippen LogP contribution in [0.2, 0.25) is 0 Å². The summed E-state index contributed by atoms with van der Waals surface area (Å²) in [6, 6.07) is 5.61. The Hall–Kier alpha value is -1.59. The van der Waals surface area contributed by atoms with Gasteiger partial charge in [0.2, 0.25) is 0 Å². The Morgan fingerprint density at radius 2 is 2.20 bits per heavy atom. The quantitative estimate of drug-likeness (QED) is 0.885. The topological polar surface area (TPSA) is 54.4 Å². The van der Waals surface area contributed by atoms with Crippen LogP contribution in [0.3, 0.4) is 0 Å². The first-order chi connectivity index (χ1) is 9.56. The molecule has 0 fully saturated rings. The Morgan fingerprint density at radius 1 is 1.45 bits per heavy atom. The Morgan fingerprint density at radius 3 is 2.85 bits per heavy atom. The number of phenols is 1. The maximum atomic E-state index is 9.65. The molecule has 1 unspecified atom stereocenters. The van der Waals surface area contributed by atoms with E-state index in [4.69, 9.17) is 4.74 Å². The van der Waals surface area contributed by atoms with Crippen molar-refractivity contribution in [1.82, 2.24) is 10.3 Å². The standard InChI is InChI=1S/C15H20N2O2S/c1-5-16-9(2)14-10(3)17-15(20-14)11-6-7-12(18)13(8-11)19-4/h6-9,16,18H,5H2,1-4H3. The number of benzene rings is 1. The number of rotatable bonds is 5. The van der Waals surface area contributed by atoms with Crippen LogP contribution in [-0.2, 0) is 0 Å². The number of aromatic hydroxyl groups is 1. The van der Waals surface area contributed by atoms with E-state index in [2.05, 4.69) is 24.1 Å². The summed E-state index contributed by atoms with van der Waals surface area (Å²) in [5, 5.41) is 14.0. The zero-order chi connectivity index (χ0) is 14.7. The van der Waals surface area contributed by atoms with E-state index in [9.17, 15) is 5.11 Å². The van der Waals surface area contributed by atoms with Gasteiger partial charge in [-0.25, -0.2) is 4.98 Å². The average molecular weight is 292 g/mol. The Labute approximate surface area is 123 Å². The normalized spacial score (nSPS) is 12.4. The summed E-state index contributed by atoms with van der Waals surface area (Å²) < 4.78 is 5.14. The molecule has 1 heterocycles. The van der Waals surface area contributed by atoms with Gasteiger partial charge in [-0.2, -0.15) is 0 Å². The monoisotopic (exact) mass is 292 g/mol. The third kappa shape index (κ3) is 2.94. The zero-order valence-corrected chi connectivity index (χ0v) is 13.0. The lowest BCUT2D eigenvalue weighted by atomic mass is 10.2. The van der Waals surface area contributed by atoms with Crippen molar-refractivity contribution in [1.29, 1.82) is 0 Å². The maximum absolute atomic E-state index is 9.65. The van der Waals surface area contributed by atoms with Gasteiger partial charge >= 0.3 is 0 Å². The maximum Gasteiger partial charge on any atom is 0.161 e. The van der Waals surface area contributed by atoms with E-state index in [0.29, 0.717) is 11.8 Å². The molecule has 0 saturated carbocycles. The molecule has 0 spiro atoms. The highest BCUT2D eigenvalue weighted by Crippen LogP contribution is 2.36. The number of hydrogen-bond donors (Lipinski definition) is 2. The van der Waals surface area contributed by atoms with Gasteiger partial charge in [0.25, 0.3) is 0 Å². The van der Waals surface area contributed by atoms with Gasteiger partial charge < -0.3 is 15.2 Å². The van der Waals surface area contributed by atoms with Crippen LogP contribution in [0.5, 0.6) is 11.5 Å². The van der Waals surface area contributed by atoms with E-state index in [-0.39, 0.29) is 5.75 Å². The number of nitrogens with zero attached hydrogens (tertiary/aromatic N) is 1. The predicted octanol–water partition coefficient (Wildman–Crippen LogP) is 3.50. The van der Waals surface area contributed by atoms with Gasteiger partial charge in [0.05, 0.1) is 12.8 Å². The molecule has 1 aromatic carbocycles. The second-order valence-corrected chi connectivity index (χ2v) is 5.67. The molecule has 20 heavy (non-hydrogen) atoms. The number of hydrogen-bond acceptors (Lipinski definition) is 5. The van der Waals surface area contributed by atoms with E-state index in [1.54, 1.807) is 24.5 Å². The summed E-state index contributed by atoms with van der Waals surface area (Å²) in [6.07, 6.45) is 0. The van der Waals surface area contributed by atoms with Crippen molar-refractivity contribution in [2.24, 2.45) is 0 Å². The fraction of sp³-hybridized carbons (Fsp3) is 0.400. The zero-order valence-electron chi connectivity index (χ0n) is 12.2. The second kappa shape index (κ2) is 6.24. The lowest BCUT2D eigenvalue weighted by molar-refractivity contribution is 0.373. The molecule has 0 amide bonds. The van der Waals surface area contributed by atoms with E-state index < -0.39 is 0 Å². The molecule has 0 aliphatic carbocycles. The number of nitrogens with one attached hydrogen (secondary N) is 1. The molecule has 1 aromatic heterocycles. The minimum absolute atomic E-state index is 0.144. The fourth-order valence-corrected chi connectivity index (χ4v) is 3.23. The van der Waals surface area contributed by atoms with Crippen molar-refractivity contribution in [2.75, 3.05) is 13.7 Å². The van der Waals surface area contributed by atoms with Gasteiger partial charge in [-0.05, 0) is 38.6 Å². The van der Waals surface area contributed by atoms with Crippen LogP contribution >= 0.6 is 11.3 Å². The lowest BCUT2D eigenvalue weighted by Gasteiger charge is -2.10. The molecular weight excluding hydrogens is 272 g/mol. The summed E-state index contributed by atoms with van der Waals surface area (Å²) >= 11 is 1.67. The first-order valence-corrected chi connectivity index (χ1v) is 7.46. The number of aryl methyl sites for hydroxylation is 1. The van der Waals surface area contributed by atoms with Crippen LogP contribution in [-0.4, -0.2) is 23.7 Å². The number of phenolic OH excluding ortho intramolecular Hbond substituents is 1. The molecule has 2 N–H and O–H groups in total. The van der Waals surface area contributed by atoms with E-state index in [1.165, 1.54) is 4.88 Å². The van der Waals surface area contributed by atoms with Crippen LogP contribution in [0.15, 0.2) is 18.2 Å². The molecule has 4 nitrogen and oxygen atoms in total. The molecule has 0 saturated heterocycles. The molecule has 0 aliphatic heterocycles. The number of ether oxygens (including phenoxy) is 1. The molecular formula is C15H20N2O2S. The average Bonchev–Trinajstić information content (AvgIpc) is 2.82. The molecule has 2 aromatic rings. The Balaban J connectivity index is 2.36. The third-order valence-corrected chi connectivity index (χ3v) is 4.55. The summed E-state index contributed by atoms with van der Waals surface area (Å²) in [5.74, 6) is 0.613. The van der Waals surface area contributed by atoms with Gasteiger partial charge in [-0.15, -0.1) is 11.3 Å². The van der Waals surface area contributed by atoms with Crippen molar-refractivity contribution in [3.63, 3.8) is 0 Å². The van der Waals surface area contributed by atoms with E-state index >= 15 is 0 Å². The summed E-state index contributed by atoms with van der Waals surface area (Å²) in [5.41, 5.74) is 2.01. The van der Waals surface area contributed by atoms with Gasteiger partial charge in [-0.1, -0.05) is 6.92 Å². The predicted molar refractivity (Wildman–Crippen MR) is 82.6 cm³/mol. The van der Waals surface area contributed by atoms with Gasteiger partial charge in [0.1, 0.15) is 5.01 Å². The van der Waals surface area contributed by atoms with Crippen LogP contribution in [0.4, 0.5) is 0 Å². The fourth-order valence-electron chi connectivity index (χ4n) is 2.14. The summed E-state index contributed by atoms with van der Waals surface area (Å²) in [6.45, 7) is 7.20. The highest BCUT2D eigenvalue weighted by atomic mass is 32.1. The van der Waals surface area contributed by atoms with E-state index in [1.807, 2.05) is 19.1 Å². The summed E-state index contributed by atoms with van der Waals surface area (Å²) in [7, 11) is 1.55.